The van der Waals surface area contributed by atoms with Gasteiger partial charge in [0.2, 0.25) is 0 Å². The summed E-state index contributed by atoms with van der Waals surface area (Å²) in [6.07, 6.45) is 21.8. The Balaban J connectivity index is 2.11. The molecule has 0 aromatic rings. The Hall–Kier alpha value is -0.540. The summed E-state index contributed by atoms with van der Waals surface area (Å²) in [6.45, 7) is 3.45. The summed E-state index contributed by atoms with van der Waals surface area (Å²) in [5, 5.41) is 0. The van der Waals surface area contributed by atoms with E-state index in [4.69, 9.17) is 32.5 Å². The van der Waals surface area contributed by atoms with E-state index in [1.165, 1.54) is 91.3 Å². The summed E-state index contributed by atoms with van der Waals surface area (Å²) in [7, 11) is -1.17. The summed E-state index contributed by atoms with van der Waals surface area (Å²) in [5.41, 5.74) is 0. The molecule has 1 saturated heterocycles. The van der Waals surface area contributed by atoms with Crippen molar-refractivity contribution in [1.82, 2.24) is 0 Å². The lowest BCUT2D eigenvalue weighted by atomic mass is 10.0. The molecule has 1 rings (SSSR count). The van der Waals surface area contributed by atoms with Crippen molar-refractivity contribution in [2.75, 3.05) is 47.3 Å². The number of phosphoric ester groups is 1. The van der Waals surface area contributed by atoms with E-state index < -0.39 is 13.9 Å². The van der Waals surface area contributed by atoms with Gasteiger partial charge in [-0.3, -0.25) is 18.4 Å². The number of carbonyl (C=O) groups is 1. The zero-order valence-corrected chi connectivity index (χ0v) is 26.6. The molecule has 1 heterocycles. The number of carbonyl (C=O) groups excluding carboxylic acids is 1. The third kappa shape index (κ3) is 21.2. The first-order valence-electron chi connectivity index (χ1n) is 15.9. The van der Waals surface area contributed by atoms with E-state index in [2.05, 4.69) is 6.92 Å². The zero-order chi connectivity index (χ0) is 29.2. The van der Waals surface area contributed by atoms with Crippen molar-refractivity contribution >= 4 is 13.8 Å². The van der Waals surface area contributed by atoms with Crippen molar-refractivity contribution in [1.29, 1.82) is 0 Å². The van der Waals surface area contributed by atoms with Crippen molar-refractivity contribution in [3.63, 3.8) is 0 Å². The average molecular weight is 595 g/mol. The second-order valence-corrected chi connectivity index (χ2v) is 12.5. The van der Waals surface area contributed by atoms with Crippen LogP contribution in [0.15, 0.2) is 0 Å². The Morgan fingerprint density at radius 3 is 1.90 bits per heavy atom. The summed E-state index contributed by atoms with van der Waals surface area (Å²) < 4.78 is 49.6. The largest absolute Gasteiger partial charge is 0.474 e. The summed E-state index contributed by atoms with van der Waals surface area (Å²) in [6, 6.07) is 0. The van der Waals surface area contributed by atoms with Crippen LogP contribution in [-0.2, 0) is 41.9 Å². The number of phosphoric acid groups is 1. The lowest BCUT2D eigenvalue weighted by molar-refractivity contribution is -0.174. The van der Waals surface area contributed by atoms with Crippen LogP contribution >= 0.6 is 7.82 Å². The van der Waals surface area contributed by atoms with E-state index >= 15 is 0 Å². The SMILES string of the molecule is CCCCCCCCCCCCCCCCCC(=O)OC[C@@H](COP(=O)(OC)OC)OCCOC1CCCCO1. The molecule has 1 fully saturated rings. The third-order valence-corrected chi connectivity index (χ3v) is 8.52. The average Bonchev–Trinajstić information content (AvgIpc) is 2.98. The van der Waals surface area contributed by atoms with Gasteiger partial charge in [-0.25, -0.2) is 4.57 Å². The predicted molar refractivity (Wildman–Crippen MR) is 157 cm³/mol. The second kappa shape index (κ2) is 26.1. The van der Waals surface area contributed by atoms with Crippen LogP contribution in [-0.4, -0.2) is 65.6 Å². The maximum Gasteiger partial charge on any atom is 0.474 e. The van der Waals surface area contributed by atoms with E-state index in [9.17, 15) is 9.36 Å². The van der Waals surface area contributed by atoms with Gasteiger partial charge in [0.1, 0.15) is 12.7 Å². The van der Waals surface area contributed by atoms with E-state index in [0.717, 1.165) is 38.5 Å². The van der Waals surface area contributed by atoms with E-state index in [0.29, 0.717) is 19.6 Å². The van der Waals surface area contributed by atoms with Crippen LogP contribution in [0.3, 0.4) is 0 Å². The number of unbranched alkanes of at least 4 members (excludes halogenated alkanes) is 14. The van der Waals surface area contributed by atoms with Crippen LogP contribution < -0.4 is 0 Å². The first-order chi connectivity index (χ1) is 19.5. The summed E-state index contributed by atoms with van der Waals surface area (Å²) in [5.74, 6) is -0.267. The van der Waals surface area contributed by atoms with Gasteiger partial charge in [0.15, 0.2) is 6.29 Å². The first kappa shape index (κ1) is 37.5. The number of rotatable bonds is 28. The van der Waals surface area contributed by atoms with Crippen molar-refractivity contribution in [3.05, 3.63) is 0 Å². The standard InChI is InChI=1S/C30H59O9P/c1-4-5-6-7-8-9-10-11-12-13-14-15-16-17-18-21-29(31)38-26-28(27-39-40(32,33-2)34-3)35-24-25-37-30-22-19-20-23-36-30/h28,30H,4-27H2,1-3H3/t28-,30?/m0/s1. The minimum Gasteiger partial charge on any atom is -0.463 e. The van der Waals surface area contributed by atoms with Gasteiger partial charge < -0.3 is 18.9 Å². The molecule has 0 saturated carbocycles. The van der Waals surface area contributed by atoms with Gasteiger partial charge in [-0.1, -0.05) is 96.8 Å². The normalized spacial score (nSPS) is 16.7. The highest BCUT2D eigenvalue weighted by Crippen LogP contribution is 2.47. The second-order valence-electron chi connectivity index (χ2n) is 10.7. The minimum absolute atomic E-state index is 0.00900. The van der Waals surface area contributed by atoms with Crippen LogP contribution in [0.5, 0.6) is 0 Å². The van der Waals surface area contributed by atoms with Gasteiger partial charge in [-0.15, -0.1) is 0 Å². The van der Waals surface area contributed by atoms with Crippen LogP contribution in [0.1, 0.15) is 129 Å². The monoisotopic (exact) mass is 594 g/mol. The Morgan fingerprint density at radius 1 is 0.800 bits per heavy atom. The molecule has 0 amide bonds. The molecular weight excluding hydrogens is 535 g/mol. The highest BCUT2D eigenvalue weighted by Gasteiger charge is 2.26. The zero-order valence-electron chi connectivity index (χ0n) is 25.7. The molecule has 0 aromatic heterocycles. The molecule has 40 heavy (non-hydrogen) atoms. The van der Waals surface area contributed by atoms with Gasteiger partial charge in [0.25, 0.3) is 0 Å². The molecule has 2 atom stereocenters. The Morgan fingerprint density at radius 2 is 1.38 bits per heavy atom. The number of hydrogen-bond acceptors (Lipinski definition) is 9. The molecule has 238 valence electrons. The topological polar surface area (TPSA) is 98.8 Å². The van der Waals surface area contributed by atoms with E-state index in [-0.39, 0.29) is 32.1 Å². The van der Waals surface area contributed by atoms with Crippen LogP contribution in [0.2, 0.25) is 0 Å². The van der Waals surface area contributed by atoms with Crippen LogP contribution in [0.4, 0.5) is 0 Å². The molecule has 1 unspecified atom stereocenters. The quantitative estimate of drug-likeness (QED) is 0.0505. The molecule has 1 aliphatic heterocycles. The fraction of sp³-hybridized carbons (Fsp3) is 0.967. The maximum absolute atomic E-state index is 12.3. The third-order valence-electron chi connectivity index (χ3n) is 7.16. The highest BCUT2D eigenvalue weighted by molar-refractivity contribution is 7.48. The molecule has 0 bridgehead atoms. The fourth-order valence-corrected chi connectivity index (χ4v) is 5.34. The Bertz CT molecular complexity index is 620. The Kier molecular flexibility index (Phi) is 24.5. The molecule has 0 N–H and O–H groups in total. The van der Waals surface area contributed by atoms with Gasteiger partial charge in [0.05, 0.1) is 19.8 Å². The van der Waals surface area contributed by atoms with Crippen LogP contribution in [0, 0.1) is 0 Å². The summed E-state index contributed by atoms with van der Waals surface area (Å²) >= 11 is 0. The molecule has 10 heteroatoms. The number of esters is 1. The van der Waals surface area contributed by atoms with Crippen molar-refractivity contribution < 1.29 is 41.9 Å². The molecule has 0 radical (unpaired) electrons. The smallest absolute Gasteiger partial charge is 0.463 e. The highest BCUT2D eigenvalue weighted by atomic mass is 31.2. The fourth-order valence-electron chi connectivity index (χ4n) is 4.63. The van der Waals surface area contributed by atoms with Gasteiger partial charge >= 0.3 is 13.8 Å². The minimum atomic E-state index is -3.66. The first-order valence-corrected chi connectivity index (χ1v) is 17.4. The van der Waals surface area contributed by atoms with E-state index in [1.807, 2.05) is 0 Å². The van der Waals surface area contributed by atoms with Crippen molar-refractivity contribution in [2.45, 2.75) is 141 Å². The van der Waals surface area contributed by atoms with E-state index in [1.54, 1.807) is 0 Å². The van der Waals surface area contributed by atoms with Crippen molar-refractivity contribution in [3.8, 4) is 0 Å². The molecule has 9 nitrogen and oxygen atoms in total. The molecule has 0 aromatic carbocycles. The molecular formula is C30H59O9P. The molecule has 0 aliphatic carbocycles. The van der Waals surface area contributed by atoms with Crippen molar-refractivity contribution in [2.24, 2.45) is 0 Å². The lowest BCUT2D eigenvalue weighted by Gasteiger charge is -2.24. The summed E-state index contributed by atoms with van der Waals surface area (Å²) in [4.78, 5) is 12.3. The Labute approximate surface area is 244 Å². The maximum atomic E-state index is 12.3. The van der Waals surface area contributed by atoms with Gasteiger partial charge in [0, 0.05) is 27.2 Å². The number of hydrogen-bond donors (Lipinski definition) is 0. The number of ether oxygens (including phenoxy) is 4. The lowest BCUT2D eigenvalue weighted by Crippen LogP contribution is -2.30. The molecule has 1 aliphatic rings. The van der Waals surface area contributed by atoms with Crippen LogP contribution in [0.25, 0.3) is 0 Å². The predicted octanol–water partition coefficient (Wildman–Crippen LogP) is 8.14. The van der Waals surface area contributed by atoms with Gasteiger partial charge in [-0.2, -0.15) is 0 Å². The van der Waals surface area contributed by atoms with Gasteiger partial charge in [-0.05, 0) is 25.7 Å². The molecule has 0 spiro atoms.